The summed E-state index contributed by atoms with van der Waals surface area (Å²) >= 11 is 5.50. The second-order valence-electron chi connectivity index (χ2n) is 3.81. The molecule has 80 valence electrons. The van der Waals surface area contributed by atoms with Gasteiger partial charge in [0.15, 0.2) is 5.79 Å². The van der Waals surface area contributed by atoms with E-state index in [1.165, 1.54) is 0 Å². The summed E-state index contributed by atoms with van der Waals surface area (Å²) < 4.78 is 11.3. The Hall–Kier alpha value is -0.0900. The molecule has 2 fully saturated rings. The highest BCUT2D eigenvalue weighted by molar-refractivity contribution is 6.25. The normalized spacial score (nSPS) is 27.8. The van der Waals surface area contributed by atoms with Gasteiger partial charge in [0.2, 0.25) is 0 Å². The zero-order valence-electron chi connectivity index (χ0n) is 8.25. The fourth-order valence-corrected chi connectivity index (χ4v) is 2.23. The lowest BCUT2D eigenvalue weighted by Crippen LogP contribution is -2.48. The molecule has 3 nitrogen and oxygen atoms in total. The van der Waals surface area contributed by atoms with Gasteiger partial charge in [0.1, 0.15) is 0 Å². The van der Waals surface area contributed by atoms with E-state index in [0.717, 1.165) is 45.7 Å². The Morgan fingerprint density at radius 3 is 2.86 bits per heavy atom. The topological polar surface area (TPSA) is 21.7 Å². The van der Waals surface area contributed by atoms with Gasteiger partial charge in [0, 0.05) is 18.5 Å². The van der Waals surface area contributed by atoms with Gasteiger partial charge >= 0.3 is 0 Å². The van der Waals surface area contributed by atoms with Gasteiger partial charge in [-0.2, -0.15) is 0 Å². The molecule has 0 aliphatic carbocycles. The van der Waals surface area contributed by atoms with Crippen LogP contribution in [0.25, 0.3) is 0 Å². The number of ether oxygens (including phenoxy) is 2. The van der Waals surface area contributed by atoms with Crippen LogP contribution in [0, 0.1) is 0 Å². The molecule has 2 aliphatic heterocycles. The van der Waals surface area contributed by atoms with E-state index in [-0.39, 0.29) is 5.79 Å². The maximum absolute atomic E-state index is 5.67. The van der Waals surface area contributed by atoms with Crippen LogP contribution in [0.1, 0.15) is 12.8 Å². The van der Waals surface area contributed by atoms with Gasteiger partial charge in [-0.05, 0) is 13.0 Å². The predicted molar refractivity (Wildman–Crippen MR) is 55.3 cm³/mol. The summed E-state index contributed by atoms with van der Waals surface area (Å²) in [5.41, 5.74) is 1.57. The lowest BCUT2D eigenvalue weighted by molar-refractivity contribution is -0.188. The molecule has 0 aromatic rings. The first kappa shape index (κ1) is 10.4. The van der Waals surface area contributed by atoms with Crippen molar-refractivity contribution in [2.75, 3.05) is 32.8 Å². The number of hydrogen-bond donors (Lipinski definition) is 0. The highest BCUT2D eigenvalue weighted by Crippen LogP contribution is 2.29. The van der Waals surface area contributed by atoms with Crippen LogP contribution in [0.3, 0.4) is 0 Å². The average molecular weight is 218 g/mol. The van der Waals surface area contributed by atoms with Gasteiger partial charge in [-0.25, -0.2) is 0 Å². The highest BCUT2D eigenvalue weighted by atomic mass is 35.5. The first-order valence-corrected chi connectivity index (χ1v) is 5.54. The van der Waals surface area contributed by atoms with E-state index in [4.69, 9.17) is 21.1 Å². The lowest BCUT2D eigenvalue weighted by Gasteiger charge is -2.38. The van der Waals surface area contributed by atoms with Crippen molar-refractivity contribution in [2.24, 2.45) is 0 Å². The fourth-order valence-electron chi connectivity index (χ4n) is 2.15. The average Bonchev–Trinajstić information content (AvgIpc) is 2.63. The van der Waals surface area contributed by atoms with Crippen molar-refractivity contribution >= 4 is 11.6 Å². The molecule has 14 heavy (non-hydrogen) atoms. The van der Waals surface area contributed by atoms with Crippen molar-refractivity contribution in [3.8, 4) is 0 Å². The van der Waals surface area contributed by atoms with Gasteiger partial charge in [0.25, 0.3) is 0 Å². The summed E-state index contributed by atoms with van der Waals surface area (Å²) in [6.07, 6.45) is 4.11. The lowest BCUT2D eigenvalue weighted by atomic mass is 10.0. The van der Waals surface area contributed by atoms with Crippen LogP contribution in [0.5, 0.6) is 0 Å². The van der Waals surface area contributed by atoms with E-state index in [1.54, 1.807) is 5.54 Å². The number of nitrogens with zero attached hydrogens (tertiary/aromatic N) is 1. The molecule has 2 aliphatic rings. The Labute approximate surface area is 89.6 Å². The van der Waals surface area contributed by atoms with Gasteiger partial charge in [-0.1, -0.05) is 17.7 Å². The van der Waals surface area contributed by atoms with Crippen LogP contribution in [0.15, 0.2) is 11.6 Å². The van der Waals surface area contributed by atoms with E-state index in [0.29, 0.717) is 0 Å². The smallest absolute Gasteiger partial charge is 0.181 e. The summed E-state index contributed by atoms with van der Waals surface area (Å²) in [6, 6.07) is 0. The molecule has 0 amide bonds. The standard InChI is InChI=1S/C10H16ClNO2/c11-4-2-6-12-5-1-3-10(9-12)13-7-8-14-10/h2,4H,1,3,5-9H2/b4-2+. The van der Waals surface area contributed by atoms with E-state index < -0.39 is 0 Å². The summed E-state index contributed by atoms with van der Waals surface area (Å²) in [5, 5.41) is 0. The van der Waals surface area contributed by atoms with Crippen molar-refractivity contribution in [1.82, 2.24) is 4.90 Å². The molecule has 0 saturated carbocycles. The van der Waals surface area contributed by atoms with Crippen LogP contribution in [0.4, 0.5) is 0 Å². The van der Waals surface area contributed by atoms with Gasteiger partial charge in [-0.15, -0.1) is 0 Å². The molecule has 2 saturated heterocycles. The summed E-state index contributed by atoms with van der Waals surface area (Å²) in [5.74, 6) is -0.307. The van der Waals surface area contributed by atoms with Gasteiger partial charge in [-0.3, -0.25) is 4.90 Å². The number of rotatable bonds is 2. The second-order valence-corrected chi connectivity index (χ2v) is 4.06. The van der Waals surface area contributed by atoms with Crippen LogP contribution >= 0.6 is 11.6 Å². The van der Waals surface area contributed by atoms with Crippen molar-refractivity contribution in [1.29, 1.82) is 0 Å². The fraction of sp³-hybridized carbons (Fsp3) is 0.800. The quantitative estimate of drug-likeness (QED) is 0.701. The molecule has 1 spiro atoms. The second kappa shape index (κ2) is 4.62. The highest BCUT2D eigenvalue weighted by Gasteiger charge is 2.40. The van der Waals surface area contributed by atoms with Crippen molar-refractivity contribution in [2.45, 2.75) is 18.6 Å². The molecule has 0 aromatic heterocycles. The third-order valence-corrected chi connectivity index (χ3v) is 2.94. The van der Waals surface area contributed by atoms with Crippen LogP contribution < -0.4 is 0 Å². The number of hydrogen-bond acceptors (Lipinski definition) is 3. The number of halogens is 1. The molecular formula is C10H16ClNO2. The molecule has 0 bridgehead atoms. The maximum Gasteiger partial charge on any atom is 0.181 e. The minimum absolute atomic E-state index is 0.307. The third kappa shape index (κ3) is 2.28. The summed E-state index contributed by atoms with van der Waals surface area (Å²) in [6.45, 7) is 4.33. The van der Waals surface area contributed by atoms with Crippen LogP contribution in [0.2, 0.25) is 0 Å². The van der Waals surface area contributed by atoms with Gasteiger partial charge in [0.05, 0.1) is 19.8 Å². The van der Waals surface area contributed by atoms with E-state index in [2.05, 4.69) is 4.90 Å². The van der Waals surface area contributed by atoms with E-state index in [9.17, 15) is 0 Å². The molecule has 2 heterocycles. The minimum atomic E-state index is -0.307. The zero-order chi connectivity index (χ0) is 9.86. The molecule has 0 atom stereocenters. The number of likely N-dealkylation sites (tertiary alicyclic amines) is 1. The van der Waals surface area contributed by atoms with Crippen molar-refractivity contribution in [3.05, 3.63) is 11.6 Å². The Morgan fingerprint density at radius 2 is 2.14 bits per heavy atom. The van der Waals surface area contributed by atoms with Crippen LogP contribution in [-0.2, 0) is 9.47 Å². The predicted octanol–water partition coefficient (Wildman–Crippen LogP) is 1.58. The third-order valence-electron chi connectivity index (χ3n) is 2.76. The van der Waals surface area contributed by atoms with Gasteiger partial charge < -0.3 is 9.47 Å². The van der Waals surface area contributed by atoms with E-state index in [1.807, 2.05) is 6.08 Å². The monoisotopic (exact) mass is 217 g/mol. The summed E-state index contributed by atoms with van der Waals surface area (Å²) in [7, 11) is 0. The maximum atomic E-state index is 5.67. The first-order valence-electron chi connectivity index (χ1n) is 5.10. The Balaban J connectivity index is 1.89. The molecule has 2 rings (SSSR count). The van der Waals surface area contributed by atoms with Crippen molar-refractivity contribution in [3.63, 3.8) is 0 Å². The summed E-state index contributed by atoms with van der Waals surface area (Å²) in [4.78, 5) is 2.31. The largest absolute Gasteiger partial charge is 0.346 e. The molecule has 0 aromatic carbocycles. The SMILES string of the molecule is Cl/C=C/CN1CCCC2(C1)OCCO2. The van der Waals surface area contributed by atoms with Crippen LogP contribution in [-0.4, -0.2) is 43.5 Å². The zero-order valence-corrected chi connectivity index (χ0v) is 9.00. The molecule has 0 unspecified atom stereocenters. The molecular weight excluding hydrogens is 202 g/mol. The minimum Gasteiger partial charge on any atom is -0.346 e. The Kier molecular flexibility index (Phi) is 3.44. The Morgan fingerprint density at radius 1 is 1.36 bits per heavy atom. The van der Waals surface area contributed by atoms with E-state index >= 15 is 0 Å². The van der Waals surface area contributed by atoms with Crippen molar-refractivity contribution < 1.29 is 9.47 Å². The Bertz CT molecular complexity index is 214. The molecule has 4 heteroatoms. The first-order chi connectivity index (χ1) is 6.85. The molecule has 0 N–H and O–H groups in total. The number of piperidine rings is 1. The molecule has 0 radical (unpaired) electrons.